The Bertz CT molecular complexity index is 1170. The van der Waals surface area contributed by atoms with Gasteiger partial charge in [0.2, 0.25) is 17.7 Å². The van der Waals surface area contributed by atoms with E-state index in [1.54, 1.807) is 0 Å². The van der Waals surface area contributed by atoms with E-state index in [9.17, 15) is 19.5 Å². The van der Waals surface area contributed by atoms with Gasteiger partial charge in [-0.2, -0.15) is 0 Å². The SMILES string of the molecule is CCC(C)[C@@H]1NCCOc2ccccc2/C=C/CNC(=O)[C@@H](CCc2ccccc2)NC(=O)[C@H](C(C)O)N(C)C1=O. The van der Waals surface area contributed by atoms with Crippen LogP contribution in [0.25, 0.3) is 6.08 Å². The first kappa shape index (κ1) is 31.8. The zero-order valence-electron chi connectivity index (χ0n) is 24.5. The molecule has 3 rings (SSSR count). The topological polar surface area (TPSA) is 120 Å². The Kier molecular flexibility index (Phi) is 12.4. The Balaban J connectivity index is 1.92. The molecule has 1 aliphatic rings. The van der Waals surface area contributed by atoms with Crippen LogP contribution in [0.5, 0.6) is 5.75 Å². The first-order valence-corrected chi connectivity index (χ1v) is 14.4. The van der Waals surface area contributed by atoms with Gasteiger partial charge in [0.05, 0.1) is 12.1 Å². The lowest BCUT2D eigenvalue weighted by atomic mass is 9.96. The highest BCUT2D eigenvalue weighted by atomic mass is 16.5. The molecule has 0 aliphatic carbocycles. The number of nitrogens with zero attached hydrogens (tertiary/aromatic N) is 1. The van der Waals surface area contributed by atoms with Crippen LogP contribution in [0, 0.1) is 5.92 Å². The molecule has 0 aromatic heterocycles. The lowest BCUT2D eigenvalue weighted by molar-refractivity contribution is -0.146. The fourth-order valence-electron chi connectivity index (χ4n) is 4.92. The smallest absolute Gasteiger partial charge is 0.246 e. The Morgan fingerprint density at radius 2 is 1.73 bits per heavy atom. The highest BCUT2D eigenvalue weighted by molar-refractivity contribution is 5.93. The Labute approximate surface area is 243 Å². The third-order valence-corrected chi connectivity index (χ3v) is 7.50. The largest absolute Gasteiger partial charge is 0.492 e. The molecular formula is C32H44N4O5. The molecule has 2 aromatic carbocycles. The average Bonchev–Trinajstić information content (AvgIpc) is 2.97. The molecule has 3 amide bonds. The minimum absolute atomic E-state index is 0.0344. The number of likely N-dealkylation sites (N-methyl/N-ethyl adjacent to an activating group) is 1. The number of carbonyl (C=O) groups excluding carboxylic acids is 3. The van der Waals surface area contributed by atoms with Crippen molar-refractivity contribution in [3.05, 3.63) is 71.8 Å². The summed E-state index contributed by atoms with van der Waals surface area (Å²) in [5, 5.41) is 19.6. The predicted octanol–water partition coefficient (Wildman–Crippen LogP) is 2.54. The highest BCUT2D eigenvalue weighted by Gasteiger charge is 2.37. The van der Waals surface area contributed by atoms with E-state index in [1.165, 1.54) is 18.9 Å². The molecule has 0 radical (unpaired) electrons. The van der Waals surface area contributed by atoms with Gasteiger partial charge in [-0.05, 0) is 37.3 Å². The van der Waals surface area contributed by atoms with Crippen molar-refractivity contribution in [2.24, 2.45) is 5.92 Å². The fourth-order valence-corrected chi connectivity index (χ4v) is 4.92. The second kappa shape index (κ2) is 15.9. The fraction of sp³-hybridized carbons (Fsp3) is 0.469. The first-order chi connectivity index (χ1) is 19.7. The number of rotatable bonds is 6. The van der Waals surface area contributed by atoms with E-state index in [-0.39, 0.29) is 24.3 Å². The van der Waals surface area contributed by atoms with Crippen molar-refractivity contribution in [3.8, 4) is 5.75 Å². The molecule has 41 heavy (non-hydrogen) atoms. The van der Waals surface area contributed by atoms with E-state index in [4.69, 9.17) is 4.74 Å². The standard InChI is InChI=1S/C32H44N4O5/c1-5-22(2)28-32(40)36(4)29(23(3)37)31(39)35-26(18-17-24-12-7-6-8-13-24)30(38)34-19-11-15-25-14-9-10-16-27(25)41-21-20-33-28/h6-16,22-23,26,28-29,33,37H,5,17-21H2,1-4H3,(H,34,38)(H,35,39)/b15-11+/t22?,23?,26-,28+,29+/m1/s1. The van der Waals surface area contributed by atoms with Gasteiger partial charge in [0.15, 0.2) is 0 Å². The number of hydrogen-bond donors (Lipinski definition) is 4. The molecule has 0 bridgehead atoms. The molecule has 0 saturated carbocycles. The number of ether oxygens (including phenoxy) is 1. The van der Waals surface area contributed by atoms with Crippen LogP contribution in [0.15, 0.2) is 60.7 Å². The molecule has 0 fully saturated rings. The summed E-state index contributed by atoms with van der Waals surface area (Å²) in [5.41, 5.74) is 1.90. The highest BCUT2D eigenvalue weighted by Crippen LogP contribution is 2.20. The van der Waals surface area contributed by atoms with Crippen molar-refractivity contribution < 1.29 is 24.2 Å². The maximum absolute atomic E-state index is 13.7. The van der Waals surface area contributed by atoms with Gasteiger partial charge in [0.25, 0.3) is 0 Å². The van der Waals surface area contributed by atoms with Crippen LogP contribution < -0.4 is 20.7 Å². The maximum Gasteiger partial charge on any atom is 0.246 e. The van der Waals surface area contributed by atoms with Crippen LogP contribution in [-0.2, 0) is 20.8 Å². The molecule has 9 nitrogen and oxygen atoms in total. The summed E-state index contributed by atoms with van der Waals surface area (Å²) in [6, 6.07) is 14.7. The summed E-state index contributed by atoms with van der Waals surface area (Å²) in [4.78, 5) is 41.8. The number of nitrogens with one attached hydrogen (secondary N) is 3. The Morgan fingerprint density at radius 1 is 1.02 bits per heavy atom. The predicted molar refractivity (Wildman–Crippen MR) is 160 cm³/mol. The number of aliphatic hydroxyl groups is 1. The molecule has 222 valence electrons. The molecule has 5 atom stereocenters. The summed E-state index contributed by atoms with van der Waals surface area (Å²) in [7, 11) is 1.52. The molecule has 2 unspecified atom stereocenters. The quantitative estimate of drug-likeness (QED) is 0.428. The number of amides is 3. The second-order valence-corrected chi connectivity index (χ2v) is 10.6. The number of hydrogen-bond acceptors (Lipinski definition) is 6. The van der Waals surface area contributed by atoms with E-state index in [0.29, 0.717) is 31.7 Å². The second-order valence-electron chi connectivity index (χ2n) is 10.6. The monoisotopic (exact) mass is 564 g/mol. The van der Waals surface area contributed by atoms with Crippen molar-refractivity contribution in [2.75, 3.05) is 26.7 Å². The molecule has 1 heterocycles. The summed E-state index contributed by atoms with van der Waals surface area (Å²) in [6.07, 6.45) is 4.21. The number of carbonyl (C=O) groups is 3. The third-order valence-electron chi connectivity index (χ3n) is 7.50. The minimum Gasteiger partial charge on any atom is -0.492 e. The summed E-state index contributed by atoms with van der Waals surface area (Å²) in [6.45, 7) is 6.43. The van der Waals surface area contributed by atoms with Gasteiger partial charge in [0, 0.05) is 25.7 Å². The van der Waals surface area contributed by atoms with Crippen LogP contribution >= 0.6 is 0 Å². The minimum atomic E-state index is -1.18. The molecule has 2 aromatic rings. The van der Waals surface area contributed by atoms with E-state index >= 15 is 0 Å². The number of aryl methyl sites for hydroxylation is 1. The van der Waals surface area contributed by atoms with Gasteiger partial charge in [-0.25, -0.2) is 0 Å². The average molecular weight is 565 g/mol. The van der Waals surface area contributed by atoms with E-state index in [0.717, 1.165) is 17.5 Å². The Morgan fingerprint density at radius 3 is 2.44 bits per heavy atom. The van der Waals surface area contributed by atoms with Crippen LogP contribution in [-0.4, -0.2) is 78.7 Å². The van der Waals surface area contributed by atoms with Gasteiger partial charge >= 0.3 is 0 Å². The van der Waals surface area contributed by atoms with E-state index < -0.39 is 30.1 Å². The normalized spacial score (nSPS) is 23.6. The maximum atomic E-state index is 13.7. The van der Waals surface area contributed by atoms with Gasteiger partial charge in [-0.15, -0.1) is 0 Å². The van der Waals surface area contributed by atoms with Crippen molar-refractivity contribution in [2.45, 2.75) is 64.3 Å². The summed E-state index contributed by atoms with van der Waals surface area (Å²) >= 11 is 0. The molecule has 0 spiro atoms. The number of aliphatic hydroxyl groups excluding tert-OH is 1. The molecule has 0 saturated heterocycles. The summed E-state index contributed by atoms with van der Waals surface area (Å²) < 4.78 is 6.02. The third kappa shape index (κ3) is 9.16. The number of fused-ring (bicyclic) bond motifs is 1. The Hall–Kier alpha value is -3.69. The first-order valence-electron chi connectivity index (χ1n) is 14.4. The van der Waals surface area contributed by atoms with Gasteiger partial charge in [-0.3, -0.25) is 14.4 Å². The molecule has 4 N–H and O–H groups in total. The van der Waals surface area contributed by atoms with Crippen molar-refractivity contribution in [1.29, 1.82) is 0 Å². The van der Waals surface area contributed by atoms with Gasteiger partial charge < -0.3 is 30.7 Å². The van der Waals surface area contributed by atoms with Crippen LogP contribution in [0.1, 0.15) is 44.7 Å². The van der Waals surface area contributed by atoms with Crippen LogP contribution in [0.4, 0.5) is 0 Å². The zero-order valence-corrected chi connectivity index (χ0v) is 24.5. The van der Waals surface area contributed by atoms with Gasteiger partial charge in [0.1, 0.15) is 24.4 Å². The van der Waals surface area contributed by atoms with E-state index in [2.05, 4.69) is 16.0 Å². The van der Waals surface area contributed by atoms with Crippen molar-refractivity contribution in [1.82, 2.24) is 20.9 Å². The molecular weight excluding hydrogens is 520 g/mol. The molecule has 1 aliphatic heterocycles. The summed E-state index contributed by atoms with van der Waals surface area (Å²) in [5.74, 6) is -0.574. The van der Waals surface area contributed by atoms with Crippen molar-refractivity contribution in [3.63, 3.8) is 0 Å². The lowest BCUT2D eigenvalue weighted by Crippen LogP contribution is -2.60. The van der Waals surface area contributed by atoms with Crippen LogP contribution in [0.3, 0.4) is 0 Å². The molecule has 9 heteroatoms. The van der Waals surface area contributed by atoms with Crippen molar-refractivity contribution >= 4 is 23.8 Å². The zero-order chi connectivity index (χ0) is 29.8. The lowest BCUT2D eigenvalue weighted by Gasteiger charge is -2.35. The van der Waals surface area contributed by atoms with Crippen LogP contribution in [0.2, 0.25) is 0 Å². The van der Waals surface area contributed by atoms with E-state index in [1.807, 2.05) is 80.6 Å². The number of para-hydroxylation sites is 1. The van der Waals surface area contributed by atoms with Gasteiger partial charge in [-0.1, -0.05) is 81.0 Å². The number of benzene rings is 2.